The molecule has 5 rings (SSSR count). The molecule has 2 N–H and O–H groups in total. The minimum atomic E-state index is -1.72. The number of esters is 1. The van der Waals surface area contributed by atoms with Gasteiger partial charge in [0.1, 0.15) is 23.5 Å². The first-order chi connectivity index (χ1) is 17.9. The number of carbonyl (C=O) groups is 4. The second-order valence-electron chi connectivity index (χ2n) is 8.17. The molecule has 2 heterocycles. The van der Waals surface area contributed by atoms with Crippen molar-refractivity contribution in [2.75, 3.05) is 11.9 Å². The number of rotatable bonds is 8. The summed E-state index contributed by atoms with van der Waals surface area (Å²) in [7, 11) is 0. The van der Waals surface area contributed by atoms with Gasteiger partial charge in [0, 0.05) is 5.56 Å². The van der Waals surface area contributed by atoms with Crippen LogP contribution in [0.2, 0.25) is 0 Å². The Hall–Kier alpha value is -4.57. The van der Waals surface area contributed by atoms with Crippen LogP contribution in [0.15, 0.2) is 66.7 Å². The number of phenols is 1. The molecule has 0 bridgehead atoms. The van der Waals surface area contributed by atoms with Gasteiger partial charge in [-0.1, -0.05) is 41.7 Å². The molecule has 1 amide bonds. The Kier molecular flexibility index (Phi) is 6.41. The molecule has 186 valence electrons. The van der Waals surface area contributed by atoms with E-state index >= 15 is 0 Å². The highest BCUT2D eigenvalue weighted by Crippen LogP contribution is 2.39. The minimum Gasteiger partial charge on any atom is -0.507 e. The van der Waals surface area contributed by atoms with Crippen LogP contribution in [0.4, 0.5) is 5.13 Å². The van der Waals surface area contributed by atoms with E-state index in [1.807, 2.05) is 6.92 Å². The number of fused-ring (bicyclic) bond motifs is 2. The fourth-order valence-electron chi connectivity index (χ4n) is 4.18. The van der Waals surface area contributed by atoms with E-state index in [-0.39, 0.29) is 22.0 Å². The number of thiazole rings is 1. The lowest BCUT2D eigenvalue weighted by molar-refractivity contribution is -0.138. The summed E-state index contributed by atoms with van der Waals surface area (Å²) in [6.45, 7) is 2.35. The molecule has 1 aromatic heterocycles. The number of Topliss-reactive ketones (excluding diaryl/α,β-unsaturated/α-hetero) is 2. The predicted octanol–water partition coefficient (Wildman–Crippen LogP) is 4.32. The average Bonchev–Trinajstić information content (AvgIpc) is 3.44. The maximum atomic E-state index is 13.5. The van der Waals surface area contributed by atoms with E-state index in [4.69, 9.17) is 9.47 Å². The third kappa shape index (κ3) is 4.54. The zero-order chi connectivity index (χ0) is 26.1. The molecule has 3 aromatic carbocycles. The quantitative estimate of drug-likeness (QED) is 0.153. The summed E-state index contributed by atoms with van der Waals surface area (Å²) >= 11 is 1.14. The van der Waals surface area contributed by atoms with Crippen LogP contribution in [-0.2, 0) is 14.3 Å². The predicted molar refractivity (Wildman–Crippen MR) is 135 cm³/mol. The standard InChI is InChI=1S/C27H20N2O7S/c1-2-35-14-11-12-18-20(13-14)37-27(28-18)29-25(33)23(32)21(22(31)17-9-5-6-10-19(17)30)24-15-7-3-4-8-16(15)26(34)36-24/h3-13,21,24,30H,2H2,1H3,(H,28,29,33)/t21-,24+/m0/s1. The minimum absolute atomic E-state index is 0.152. The Morgan fingerprint density at radius 3 is 2.65 bits per heavy atom. The van der Waals surface area contributed by atoms with Crippen LogP contribution in [0.25, 0.3) is 10.2 Å². The summed E-state index contributed by atoms with van der Waals surface area (Å²) in [5, 5.41) is 12.9. The summed E-state index contributed by atoms with van der Waals surface area (Å²) < 4.78 is 11.6. The van der Waals surface area contributed by atoms with Crippen molar-refractivity contribution in [2.45, 2.75) is 13.0 Å². The van der Waals surface area contributed by atoms with E-state index < -0.39 is 35.5 Å². The number of ether oxygens (including phenoxy) is 2. The Labute approximate surface area is 214 Å². The van der Waals surface area contributed by atoms with Crippen molar-refractivity contribution in [3.8, 4) is 11.5 Å². The molecule has 4 aromatic rings. The highest BCUT2D eigenvalue weighted by atomic mass is 32.1. The number of aromatic nitrogens is 1. The van der Waals surface area contributed by atoms with Gasteiger partial charge in [0.2, 0.25) is 5.78 Å². The van der Waals surface area contributed by atoms with E-state index in [1.54, 1.807) is 36.4 Å². The Bertz CT molecular complexity index is 1560. The van der Waals surface area contributed by atoms with Crippen molar-refractivity contribution < 1.29 is 33.8 Å². The lowest BCUT2D eigenvalue weighted by Gasteiger charge is -2.21. The third-order valence-electron chi connectivity index (χ3n) is 5.87. The van der Waals surface area contributed by atoms with Crippen molar-refractivity contribution >= 4 is 50.1 Å². The molecule has 0 saturated carbocycles. The van der Waals surface area contributed by atoms with Gasteiger partial charge in [-0.3, -0.25) is 19.7 Å². The van der Waals surface area contributed by atoms with Crippen LogP contribution in [0.5, 0.6) is 11.5 Å². The number of carbonyl (C=O) groups excluding carboxylic acids is 4. The summed E-state index contributed by atoms with van der Waals surface area (Å²) in [5.74, 6) is -5.23. The lowest BCUT2D eigenvalue weighted by atomic mass is 9.84. The fraction of sp³-hybridized carbons (Fsp3) is 0.148. The molecular weight excluding hydrogens is 496 g/mol. The van der Waals surface area contributed by atoms with E-state index in [1.165, 1.54) is 30.3 Å². The largest absolute Gasteiger partial charge is 0.507 e. The Balaban J connectivity index is 1.48. The maximum Gasteiger partial charge on any atom is 0.339 e. The zero-order valence-electron chi connectivity index (χ0n) is 19.5. The van der Waals surface area contributed by atoms with E-state index in [2.05, 4.69) is 10.3 Å². The van der Waals surface area contributed by atoms with Gasteiger partial charge in [-0.2, -0.15) is 0 Å². The number of cyclic esters (lactones) is 1. The normalized spacial score (nSPS) is 15.1. The molecule has 0 unspecified atom stereocenters. The van der Waals surface area contributed by atoms with Gasteiger partial charge in [0.15, 0.2) is 10.9 Å². The molecule has 1 aliphatic rings. The number of phenolic OH excluding ortho intramolecular Hbond substituents is 1. The summed E-state index contributed by atoms with van der Waals surface area (Å²) in [5.41, 5.74) is 0.937. The molecule has 37 heavy (non-hydrogen) atoms. The molecule has 0 aliphatic carbocycles. The number of anilines is 1. The number of nitrogens with zero attached hydrogens (tertiary/aromatic N) is 1. The Morgan fingerprint density at radius 2 is 1.86 bits per heavy atom. The zero-order valence-corrected chi connectivity index (χ0v) is 20.3. The first kappa shape index (κ1) is 24.1. The van der Waals surface area contributed by atoms with Crippen LogP contribution in [0, 0.1) is 5.92 Å². The van der Waals surface area contributed by atoms with E-state index in [9.17, 15) is 24.3 Å². The second-order valence-corrected chi connectivity index (χ2v) is 9.20. The van der Waals surface area contributed by atoms with Crippen molar-refractivity contribution in [2.24, 2.45) is 5.92 Å². The summed E-state index contributed by atoms with van der Waals surface area (Å²) in [4.78, 5) is 56.9. The van der Waals surface area contributed by atoms with Gasteiger partial charge in [0.25, 0.3) is 5.91 Å². The molecule has 0 saturated heterocycles. The maximum absolute atomic E-state index is 13.5. The number of benzene rings is 3. The van der Waals surface area contributed by atoms with E-state index in [0.717, 1.165) is 16.0 Å². The smallest absolute Gasteiger partial charge is 0.339 e. The number of aromatic hydroxyl groups is 1. The number of hydrogen-bond donors (Lipinski definition) is 2. The van der Waals surface area contributed by atoms with Crippen LogP contribution in [0.1, 0.15) is 39.3 Å². The average molecular weight is 517 g/mol. The van der Waals surface area contributed by atoms with Crippen LogP contribution in [-0.4, -0.2) is 40.1 Å². The number of nitrogens with one attached hydrogen (secondary N) is 1. The van der Waals surface area contributed by atoms with Gasteiger partial charge < -0.3 is 14.6 Å². The molecular formula is C27H20N2O7S. The highest BCUT2D eigenvalue weighted by molar-refractivity contribution is 7.22. The molecule has 0 radical (unpaired) electrons. The van der Waals surface area contributed by atoms with Crippen LogP contribution in [0.3, 0.4) is 0 Å². The molecule has 2 atom stereocenters. The first-order valence-electron chi connectivity index (χ1n) is 11.4. The van der Waals surface area contributed by atoms with Crippen LogP contribution < -0.4 is 10.1 Å². The number of ketones is 2. The lowest BCUT2D eigenvalue weighted by Crippen LogP contribution is -2.38. The molecule has 10 heteroatoms. The summed E-state index contributed by atoms with van der Waals surface area (Å²) in [6, 6.07) is 17.2. The van der Waals surface area contributed by atoms with Crippen molar-refractivity contribution in [3.63, 3.8) is 0 Å². The molecule has 0 fully saturated rings. The van der Waals surface area contributed by atoms with Gasteiger partial charge in [-0.15, -0.1) is 0 Å². The number of amides is 1. The molecule has 1 aliphatic heterocycles. The Morgan fingerprint density at radius 1 is 1.11 bits per heavy atom. The highest BCUT2D eigenvalue weighted by Gasteiger charge is 2.46. The third-order valence-corrected chi connectivity index (χ3v) is 6.81. The van der Waals surface area contributed by atoms with Gasteiger partial charge >= 0.3 is 5.97 Å². The molecule has 9 nitrogen and oxygen atoms in total. The van der Waals surface area contributed by atoms with E-state index in [0.29, 0.717) is 23.4 Å². The van der Waals surface area contributed by atoms with Crippen LogP contribution >= 0.6 is 11.3 Å². The van der Waals surface area contributed by atoms with Gasteiger partial charge in [-0.25, -0.2) is 9.78 Å². The van der Waals surface area contributed by atoms with Crippen molar-refractivity contribution in [1.82, 2.24) is 4.98 Å². The fourth-order valence-corrected chi connectivity index (χ4v) is 5.07. The van der Waals surface area contributed by atoms with Gasteiger partial charge in [-0.05, 0) is 43.3 Å². The first-order valence-corrected chi connectivity index (χ1v) is 12.2. The monoisotopic (exact) mass is 516 g/mol. The van der Waals surface area contributed by atoms with Crippen molar-refractivity contribution in [1.29, 1.82) is 0 Å². The number of hydrogen-bond acceptors (Lipinski definition) is 9. The topological polar surface area (TPSA) is 132 Å². The summed E-state index contributed by atoms with van der Waals surface area (Å²) in [6.07, 6.45) is -1.34. The molecule has 0 spiro atoms. The second kappa shape index (κ2) is 9.82. The SMILES string of the molecule is CCOc1ccc2nc(NC(=O)C(=O)[C@H](C(=O)c3ccccc3O)[C@@H]3OC(=O)c4ccccc43)sc2c1. The van der Waals surface area contributed by atoms with Gasteiger partial charge in [0.05, 0.1) is 28.0 Å². The number of para-hydroxylation sites is 1. The van der Waals surface area contributed by atoms with Crippen molar-refractivity contribution in [3.05, 3.63) is 83.4 Å².